The van der Waals surface area contributed by atoms with Gasteiger partial charge in [-0.25, -0.2) is 4.79 Å². The molecule has 0 saturated carbocycles. The number of hydrogen-bond donors (Lipinski definition) is 2. The Morgan fingerprint density at radius 3 is 2.52 bits per heavy atom. The summed E-state index contributed by atoms with van der Waals surface area (Å²) < 4.78 is 43.8. The maximum atomic E-state index is 12.9. The van der Waals surface area contributed by atoms with Gasteiger partial charge in [0, 0.05) is 11.1 Å². The molecule has 10 heteroatoms. The van der Waals surface area contributed by atoms with Crippen molar-refractivity contribution in [1.82, 2.24) is 15.4 Å². The molecule has 2 aromatic carbocycles. The van der Waals surface area contributed by atoms with Crippen LogP contribution in [0.1, 0.15) is 27.6 Å². The van der Waals surface area contributed by atoms with Gasteiger partial charge in [-0.05, 0) is 48.4 Å². The lowest BCUT2D eigenvalue weighted by Gasteiger charge is -2.17. The average molecular weight is 423 g/mol. The number of halogens is 3. The van der Waals surface area contributed by atoms with Gasteiger partial charge in [0.2, 0.25) is 0 Å². The maximum Gasteiger partial charge on any atom is 0.416 e. The van der Waals surface area contributed by atoms with Crippen molar-refractivity contribution in [2.45, 2.75) is 23.2 Å². The van der Waals surface area contributed by atoms with E-state index >= 15 is 0 Å². The van der Waals surface area contributed by atoms with Gasteiger partial charge < -0.3 is 9.84 Å². The number of aromatic amines is 1. The topological polar surface area (TPSA) is 88.1 Å². The summed E-state index contributed by atoms with van der Waals surface area (Å²) in [6.07, 6.45) is -2.81. The number of carboxylic acid groups (broad SMARTS) is 1. The van der Waals surface area contributed by atoms with Crippen LogP contribution in [0.3, 0.4) is 0 Å². The molecule has 3 aromatic rings. The molecule has 6 nitrogen and oxygen atoms in total. The van der Waals surface area contributed by atoms with Gasteiger partial charge in [0.15, 0.2) is 6.61 Å². The molecule has 1 aromatic heterocycles. The summed E-state index contributed by atoms with van der Waals surface area (Å²) in [5.41, 5.74) is 1.22. The molecule has 0 aliphatic carbocycles. The highest BCUT2D eigenvalue weighted by molar-refractivity contribution is 7.99. The monoisotopic (exact) mass is 423 g/mol. The van der Waals surface area contributed by atoms with Gasteiger partial charge in [0.1, 0.15) is 11.4 Å². The van der Waals surface area contributed by atoms with E-state index in [0.717, 1.165) is 22.6 Å². The fourth-order valence-electron chi connectivity index (χ4n) is 2.62. The number of benzene rings is 2. The molecule has 3 rings (SSSR count). The van der Waals surface area contributed by atoms with Gasteiger partial charge >= 0.3 is 12.1 Å². The first-order valence-corrected chi connectivity index (χ1v) is 9.27. The zero-order valence-electron chi connectivity index (χ0n) is 15.1. The van der Waals surface area contributed by atoms with Gasteiger partial charge in [0.25, 0.3) is 0 Å². The van der Waals surface area contributed by atoms with Crippen molar-refractivity contribution < 1.29 is 27.8 Å². The van der Waals surface area contributed by atoms with Crippen LogP contribution in [-0.2, 0) is 11.0 Å². The molecular weight excluding hydrogens is 407 g/mol. The van der Waals surface area contributed by atoms with Crippen LogP contribution in [0.4, 0.5) is 13.2 Å². The lowest BCUT2D eigenvalue weighted by atomic mass is 10.1. The highest BCUT2D eigenvalue weighted by Gasteiger charge is 2.30. The molecule has 0 fully saturated rings. The number of rotatable bonds is 7. The van der Waals surface area contributed by atoms with Crippen LogP contribution in [0.25, 0.3) is 0 Å². The smallest absolute Gasteiger partial charge is 0.416 e. The SMILES string of the molecule is Cc1cc(SC(c2ccc(C(F)(F)F)cc2)c2c[nH]nn2)ccc1OCC(=O)O. The molecule has 1 unspecified atom stereocenters. The number of nitrogens with one attached hydrogen (secondary N) is 1. The standard InChI is InChI=1S/C19H16F3N3O3S/c1-11-8-14(6-7-16(11)28-10-17(26)27)29-18(15-9-23-25-24-15)12-2-4-13(5-3-12)19(20,21)22/h2-9,18H,10H2,1H3,(H,26,27)(H,23,24,25). The van der Waals surface area contributed by atoms with E-state index in [0.29, 0.717) is 17.0 Å². The average Bonchev–Trinajstić information content (AvgIpc) is 3.19. The molecule has 0 aliphatic heterocycles. The first-order chi connectivity index (χ1) is 13.7. The molecule has 0 radical (unpaired) electrons. The Balaban J connectivity index is 1.86. The molecule has 0 amide bonds. The summed E-state index contributed by atoms with van der Waals surface area (Å²) >= 11 is 1.38. The molecule has 0 saturated heterocycles. The number of aromatic nitrogens is 3. The predicted octanol–water partition coefficient (Wildman–Crippen LogP) is 4.48. The van der Waals surface area contributed by atoms with Gasteiger partial charge in [-0.1, -0.05) is 17.3 Å². The van der Waals surface area contributed by atoms with Crippen molar-refractivity contribution in [3.05, 3.63) is 71.0 Å². The lowest BCUT2D eigenvalue weighted by molar-refractivity contribution is -0.139. The number of carboxylic acids is 1. The number of alkyl halides is 3. The molecule has 2 N–H and O–H groups in total. The zero-order chi connectivity index (χ0) is 21.0. The van der Waals surface area contributed by atoms with Crippen molar-refractivity contribution in [2.75, 3.05) is 6.61 Å². The van der Waals surface area contributed by atoms with Gasteiger partial charge in [-0.15, -0.1) is 16.9 Å². The van der Waals surface area contributed by atoms with Crippen LogP contribution >= 0.6 is 11.8 Å². The Morgan fingerprint density at radius 2 is 1.97 bits per heavy atom. The molecule has 1 atom stereocenters. The molecule has 0 bridgehead atoms. The number of nitrogens with zero attached hydrogens (tertiary/aromatic N) is 2. The number of aryl methyl sites for hydroxylation is 1. The first kappa shape index (κ1) is 20.7. The zero-order valence-corrected chi connectivity index (χ0v) is 15.9. The Kier molecular flexibility index (Phi) is 6.12. The van der Waals surface area contributed by atoms with E-state index in [-0.39, 0.29) is 5.25 Å². The summed E-state index contributed by atoms with van der Waals surface area (Å²) in [4.78, 5) is 11.5. The first-order valence-electron chi connectivity index (χ1n) is 8.39. The minimum atomic E-state index is -4.40. The van der Waals surface area contributed by atoms with Crippen molar-refractivity contribution in [2.24, 2.45) is 0 Å². The summed E-state index contributed by atoms with van der Waals surface area (Å²) in [5.74, 6) is -0.625. The van der Waals surface area contributed by atoms with Crippen molar-refractivity contribution in [3.63, 3.8) is 0 Å². The van der Waals surface area contributed by atoms with Gasteiger partial charge in [-0.3, -0.25) is 5.10 Å². The van der Waals surface area contributed by atoms with Gasteiger partial charge in [-0.2, -0.15) is 13.2 Å². The van der Waals surface area contributed by atoms with E-state index < -0.39 is 24.3 Å². The number of carbonyl (C=O) groups is 1. The quantitative estimate of drug-likeness (QED) is 0.545. The van der Waals surface area contributed by atoms with Crippen LogP contribution in [0.5, 0.6) is 5.75 Å². The highest BCUT2D eigenvalue weighted by Crippen LogP contribution is 2.41. The van der Waals surface area contributed by atoms with E-state index in [1.807, 2.05) is 6.07 Å². The predicted molar refractivity (Wildman–Crippen MR) is 99.8 cm³/mol. The number of hydrogen-bond acceptors (Lipinski definition) is 5. The van der Waals surface area contributed by atoms with E-state index in [9.17, 15) is 18.0 Å². The second-order valence-corrected chi connectivity index (χ2v) is 7.30. The number of ether oxygens (including phenoxy) is 1. The third kappa shape index (κ3) is 5.29. The summed E-state index contributed by atoms with van der Waals surface area (Å²) in [6, 6.07) is 10.2. The third-order valence-electron chi connectivity index (χ3n) is 4.00. The Hall–Kier alpha value is -3.01. The Bertz CT molecular complexity index is 977. The van der Waals surface area contributed by atoms with E-state index in [4.69, 9.17) is 9.84 Å². The van der Waals surface area contributed by atoms with Gasteiger partial charge in [0.05, 0.1) is 10.8 Å². The van der Waals surface area contributed by atoms with Crippen molar-refractivity contribution >= 4 is 17.7 Å². The summed E-state index contributed by atoms with van der Waals surface area (Å²) in [7, 11) is 0. The van der Waals surface area contributed by atoms with E-state index in [1.54, 1.807) is 25.3 Å². The van der Waals surface area contributed by atoms with E-state index in [2.05, 4.69) is 15.4 Å². The summed E-state index contributed by atoms with van der Waals surface area (Å²) in [6.45, 7) is 1.34. The summed E-state index contributed by atoms with van der Waals surface area (Å²) in [5, 5.41) is 18.7. The Morgan fingerprint density at radius 1 is 1.24 bits per heavy atom. The van der Waals surface area contributed by atoms with Crippen LogP contribution in [-0.4, -0.2) is 33.1 Å². The lowest BCUT2D eigenvalue weighted by Crippen LogP contribution is -2.10. The maximum absolute atomic E-state index is 12.9. The molecule has 0 aliphatic rings. The van der Waals surface area contributed by atoms with Crippen LogP contribution < -0.4 is 4.74 Å². The Labute approximate surface area is 168 Å². The molecule has 0 spiro atoms. The van der Waals surface area contributed by atoms with Crippen LogP contribution in [0, 0.1) is 6.92 Å². The molecule has 29 heavy (non-hydrogen) atoms. The number of aliphatic carboxylic acids is 1. The fourth-order valence-corrected chi connectivity index (χ4v) is 3.81. The van der Waals surface area contributed by atoms with Crippen molar-refractivity contribution in [3.8, 4) is 5.75 Å². The minimum absolute atomic E-state index is 0.388. The normalized spacial score (nSPS) is 12.6. The molecule has 152 valence electrons. The van der Waals surface area contributed by atoms with Crippen LogP contribution in [0.2, 0.25) is 0 Å². The molecule has 1 heterocycles. The second-order valence-electron chi connectivity index (χ2n) is 6.13. The van der Waals surface area contributed by atoms with Crippen molar-refractivity contribution in [1.29, 1.82) is 0 Å². The molecular formula is C19H16F3N3O3S. The number of H-pyrrole nitrogens is 1. The van der Waals surface area contributed by atoms with E-state index in [1.165, 1.54) is 23.9 Å². The number of thioether (sulfide) groups is 1. The largest absolute Gasteiger partial charge is 0.482 e. The highest BCUT2D eigenvalue weighted by atomic mass is 32.2. The minimum Gasteiger partial charge on any atom is -0.482 e. The van der Waals surface area contributed by atoms with Crippen LogP contribution in [0.15, 0.2) is 53.6 Å². The second kappa shape index (κ2) is 8.56. The third-order valence-corrected chi connectivity index (χ3v) is 5.27. The fraction of sp³-hybridized carbons (Fsp3) is 0.211.